The molecule has 3 aromatic heterocycles. The van der Waals surface area contributed by atoms with E-state index < -0.39 is 5.97 Å². The summed E-state index contributed by atoms with van der Waals surface area (Å²) in [5.74, 6) is -0.818. The van der Waals surface area contributed by atoms with E-state index in [4.69, 9.17) is 9.72 Å². The number of thiophene rings is 1. The molecule has 0 aliphatic carbocycles. The fraction of sp³-hybridized carbons (Fsp3) is 0.261. The number of anilines is 1. The summed E-state index contributed by atoms with van der Waals surface area (Å²) in [4.78, 5) is 47.8. The average molecular weight is 483 g/mol. The van der Waals surface area contributed by atoms with Crippen LogP contribution >= 0.6 is 23.1 Å². The number of pyridine rings is 1. The number of benzene rings is 1. The number of methoxy groups -OCH3 is 1. The predicted molar refractivity (Wildman–Crippen MR) is 131 cm³/mol. The minimum absolute atomic E-state index is 0.0277. The van der Waals surface area contributed by atoms with Crippen LogP contribution in [0.3, 0.4) is 0 Å². The smallest absolute Gasteiger partial charge is 0.339 e. The van der Waals surface area contributed by atoms with E-state index >= 15 is 0 Å². The first-order valence-corrected chi connectivity index (χ1v) is 12.2. The molecule has 0 unspecified atom stereocenters. The molecule has 0 fully saturated rings. The monoisotopic (exact) mass is 482 g/mol. The van der Waals surface area contributed by atoms with Gasteiger partial charge in [0, 0.05) is 18.1 Å². The zero-order valence-electron chi connectivity index (χ0n) is 18.2. The summed E-state index contributed by atoms with van der Waals surface area (Å²) in [7, 11) is 1.29. The topological polar surface area (TPSA) is 103 Å². The van der Waals surface area contributed by atoms with E-state index in [1.54, 1.807) is 35.0 Å². The summed E-state index contributed by atoms with van der Waals surface area (Å²) in [6.07, 6.45) is 3.44. The van der Waals surface area contributed by atoms with Gasteiger partial charge in [0.1, 0.15) is 9.53 Å². The fourth-order valence-corrected chi connectivity index (χ4v) is 5.21. The number of para-hydroxylation sites is 1. The van der Waals surface area contributed by atoms with E-state index in [0.717, 1.165) is 23.1 Å². The zero-order valence-corrected chi connectivity index (χ0v) is 19.8. The summed E-state index contributed by atoms with van der Waals surface area (Å²) in [5.41, 5.74) is 1.14. The van der Waals surface area contributed by atoms with Crippen molar-refractivity contribution >= 4 is 61.1 Å². The number of esters is 1. The van der Waals surface area contributed by atoms with Crippen LogP contribution in [0.25, 0.3) is 20.4 Å². The van der Waals surface area contributed by atoms with E-state index in [1.807, 2.05) is 12.1 Å². The molecule has 0 saturated carbocycles. The van der Waals surface area contributed by atoms with Crippen molar-refractivity contribution < 1.29 is 14.3 Å². The first-order valence-electron chi connectivity index (χ1n) is 10.4. The number of rotatable bonds is 8. The number of amides is 1. The van der Waals surface area contributed by atoms with E-state index in [1.165, 1.54) is 30.2 Å². The number of carbonyl (C=O) groups is 2. The molecule has 0 atom stereocenters. The number of carbonyl (C=O) groups excluding carboxylic acids is 2. The molecular formula is C23H22N4O4S2. The van der Waals surface area contributed by atoms with Crippen LogP contribution in [0.2, 0.25) is 0 Å². The van der Waals surface area contributed by atoms with Crippen LogP contribution in [0, 0.1) is 0 Å². The summed E-state index contributed by atoms with van der Waals surface area (Å²) in [5, 5.41) is 4.07. The molecule has 1 amide bonds. The number of fused-ring (bicyclic) bond motifs is 3. The fourth-order valence-electron chi connectivity index (χ4n) is 3.36. The molecule has 0 saturated heterocycles. The molecular weight excluding hydrogens is 460 g/mol. The highest BCUT2D eigenvalue weighted by atomic mass is 32.2. The first kappa shape index (κ1) is 22.9. The maximum Gasteiger partial charge on any atom is 0.339 e. The van der Waals surface area contributed by atoms with E-state index in [-0.39, 0.29) is 22.8 Å². The van der Waals surface area contributed by atoms with Gasteiger partial charge in [0.2, 0.25) is 5.91 Å². The Morgan fingerprint density at radius 2 is 2.03 bits per heavy atom. The molecule has 33 heavy (non-hydrogen) atoms. The van der Waals surface area contributed by atoms with Gasteiger partial charge in [0.25, 0.3) is 5.56 Å². The Labute approximate surface area is 198 Å². The Kier molecular flexibility index (Phi) is 7.05. The van der Waals surface area contributed by atoms with Gasteiger partial charge in [-0.1, -0.05) is 37.2 Å². The van der Waals surface area contributed by atoms with Gasteiger partial charge in [-0.05, 0) is 30.7 Å². The van der Waals surface area contributed by atoms with E-state index in [0.29, 0.717) is 27.6 Å². The van der Waals surface area contributed by atoms with E-state index in [9.17, 15) is 14.4 Å². The lowest BCUT2D eigenvalue weighted by atomic mass is 10.2. The highest BCUT2D eigenvalue weighted by Crippen LogP contribution is 2.30. The lowest BCUT2D eigenvalue weighted by molar-refractivity contribution is -0.113. The number of unbranched alkanes of at least 4 members (excludes halogenated alkanes) is 1. The Bertz CT molecular complexity index is 1400. The number of thioether (sulfide) groups is 1. The van der Waals surface area contributed by atoms with Crippen molar-refractivity contribution in [3.63, 3.8) is 0 Å². The second kappa shape index (κ2) is 10.1. The number of aromatic nitrogens is 3. The summed E-state index contributed by atoms with van der Waals surface area (Å²) in [6.45, 7) is 2.58. The van der Waals surface area contributed by atoms with Crippen molar-refractivity contribution in [1.82, 2.24) is 14.5 Å². The summed E-state index contributed by atoms with van der Waals surface area (Å²) in [6, 6.07) is 10.4. The van der Waals surface area contributed by atoms with Crippen LogP contribution in [0.5, 0.6) is 0 Å². The summed E-state index contributed by atoms with van der Waals surface area (Å²) >= 11 is 2.53. The van der Waals surface area contributed by atoms with E-state index in [2.05, 4.69) is 17.2 Å². The van der Waals surface area contributed by atoms with Crippen molar-refractivity contribution in [3.8, 4) is 0 Å². The normalized spacial score (nSPS) is 11.1. The molecule has 0 aliphatic heterocycles. The number of hydrogen-bond donors (Lipinski definition) is 1. The lowest BCUT2D eigenvalue weighted by Crippen LogP contribution is -2.24. The molecule has 0 radical (unpaired) electrons. The molecule has 3 heterocycles. The second-order valence-corrected chi connectivity index (χ2v) is 9.16. The first-order chi connectivity index (χ1) is 16.0. The van der Waals surface area contributed by atoms with Crippen LogP contribution in [0.1, 0.15) is 30.1 Å². The maximum absolute atomic E-state index is 13.3. The SMILES string of the molecule is CCCCn1c(SCC(=O)Nc2ccccc2C(=O)OC)nc2c(sc3ncccc32)c1=O. The largest absolute Gasteiger partial charge is 0.465 e. The van der Waals surface area contributed by atoms with Crippen molar-refractivity contribution in [2.75, 3.05) is 18.2 Å². The Morgan fingerprint density at radius 1 is 1.21 bits per heavy atom. The van der Waals surface area contributed by atoms with Gasteiger partial charge < -0.3 is 10.1 Å². The average Bonchev–Trinajstić information content (AvgIpc) is 3.21. The van der Waals surface area contributed by atoms with Crippen LogP contribution in [-0.4, -0.2) is 39.3 Å². The van der Waals surface area contributed by atoms with Gasteiger partial charge in [-0.3, -0.25) is 14.2 Å². The molecule has 0 bridgehead atoms. The molecule has 0 spiro atoms. The van der Waals surface area contributed by atoms with Crippen LogP contribution in [0.15, 0.2) is 52.5 Å². The molecule has 8 nitrogen and oxygen atoms in total. The second-order valence-electron chi connectivity index (χ2n) is 7.21. The quantitative estimate of drug-likeness (QED) is 0.227. The van der Waals surface area contributed by atoms with Gasteiger partial charge in [0.15, 0.2) is 5.16 Å². The van der Waals surface area contributed by atoms with Gasteiger partial charge in [0.05, 0.1) is 29.6 Å². The minimum atomic E-state index is -0.531. The summed E-state index contributed by atoms with van der Waals surface area (Å²) < 4.78 is 6.99. The number of nitrogens with zero attached hydrogens (tertiary/aromatic N) is 3. The van der Waals surface area contributed by atoms with Crippen LogP contribution in [0.4, 0.5) is 5.69 Å². The minimum Gasteiger partial charge on any atom is -0.465 e. The molecule has 4 aromatic rings. The predicted octanol–water partition coefficient (Wildman–Crippen LogP) is 4.32. The third-order valence-corrected chi connectivity index (χ3v) is 7.06. The van der Waals surface area contributed by atoms with Crippen molar-refractivity contribution in [2.24, 2.45) is 0 Å². The molecule has 10 heteroatoms. The van der Waals surface area contributed by atoms with Crippen molar-refractivity contribution in [1.29, 1.82) is 0 Å². The Hall–Kier alpha value is -3.24. The Morgan fingerprint density at radius 3 is 2.82 bits per heavy atom. The number of hydrogen-bond acceptors (Lipinski definition) is 8. The Balaban J connectivity index is 1.62. The number of ether oxygens (including phenoxy) is 1. The third kappa shape index (κ3) is 4.76. The number of nitrogens with one attached hydrogen (secondary N) is 1. The van der Waals surface area contributed by atoms with Gasteiger partial charge in [-0.25, -0.2) is 14.8 Å². The van der Waals surface area contributed by atoms with Crippen molar-refractivity contribution in [2.45, 2.75) is 31.5 Å². The van der Waals surface area contributed by atoms with Gasteiger partial charge in [-0.15, -0.1) is 11.3 Å². The maximum atomic E-state index is 13.3. The highest BCUT2D eigenvalue weighted by molar-refractivity contribution is 7.99. The van der Waals surface area contributed by atoms with Crippen molar-refractivity contribution in [3.05, 3.63) is 58.5 Å². The van der Waals surface area contributed by atoms with Gasteiger partial charge >= 0.3 is 5.97 Å². The lowest BCUT2D eigenvalue weighted by Gasteiger charge is -2.12. The molecule has 1 aromatic carbocycles. The molecule has 4 rings (SSSR count). The van der Waals surface area contributed by atoms with Crippen LogP contribution < -0.4 is 10.9 Å². The molecule has 170 valence electrons. The van der Waals surface area contributed by atoms with Crippen LogP contribution in [-0.2, 0) is 16.1 Å². The third-order valence-electron chi connectivity index (χ3n) is 4.99. The highest BCUT2D eigenvalue weighted by Gasteiger charge is 2.18. The molecule has 1 N–H and O–H groups in total. The zero-order chi connectivity index (χ0) is 23.4. The van der Waals surface area contributed by atoms with Gasteiger partial charge in [-0.2, -0.15) is 0 Å². The molecule has 0 aliphatic rings. The standard InChI is InChI=1S/C23H22N4O4S2/c1-3-4-12-27-21(29)19-18(15-9-7-11-24-20(15)33-19)26-23(27)32-13-17(28)25-16-10-6-5-8-14(16)22(30)31-2/h5-11H,3-4,12-13H2,1-2H3,(H,25,28).